The summed E-state index contributed by atoms with van der Waals surface area (Å²) in [5.41, 5.74) is 5.32. The monoisotopic (exact) mass is 268 g/mol. The minimum absolute atomic E-state index is 0.0106. The fraction of sp³-hybridized carbons (Fsp3) is 0.875. The van der Waals surface area contributed by atoms with Crippen molar-refractivity contribution in [2.45, 2.75) is 29.8 Å². The maximum Gasteiger partial charge on any atom is 0.220 e. The van der Waals surface area contributed by atoms with Crippen LogP contribution in [0.4, 0.5) is 0 Å². The quantitative estimate of drug-likeness (QED) is 0.685. The largest absolute Gasteiger partial charge is 0.392 e. The van der Waals surface area contributed by atoms with E-state index in [4.69, 9.17) is 5.73 Å². The summed E-state index contributed by atoms with van der Waals surface area (Å²) in [5.74, 6) is 0. The molecule has 0 aromatic heterocycles. The Kier molecular flexibility index (Phi) is 4.02. The minimum Gasteiger partial charge on any atom is -0.392 e. The van der Waals surface area contributed by atoms with E-state index in [0.717, 1.165) is 12.8 Å². The molecule has 3 N–H and O–H groups in total. The van der Waals surface area contributed by atoms with Gasteiger partial charge in [0.05, 0.1) is 4.99 Å². The number of hydrogen-bond acceptors (Lipinski definition) is 4. The van der Waals surface area contributed by atoms with Gasteiger partial charge in [-0.05, 0) is 26.0 Å². The van der Waals surface area contributed by atoms with E-state index < -0.39 is 15.3 Å². The van der Waals surface area contributed by atoms with Crippen LogP contribution in [-0.2, 0) is 10.0 Å². The summed E-state index contributed by atoms with van der Waals surface area (Å²) in [6.45, 7) is 1.98. The van der Waals surface area contributed by atoms with E-state index in [2.05, 4.69) is 16.9 Å². The van der Waals surface area contributed by atoms with Gasteiger partial charge in [-0.1, -0.05) is 12.2 Å². The van der Waals surface area contributed by atoms with Gasteiger partial charge in [-0.25, -0.2) is 13.1 Å². The first-order valence-electron chi connectivity index (χ1n) is 4.66. The summed E-state index contributed by atoms with van der Waals surface area (Å²) >= 11 is 6.38. The number of rotatable bonds is 6. The summed E-state index contributed by atoms with van der Waals surface area (Å²) < 4.78 is 26.0. The van der Waals surface area contributed by atoms with Crippen molar-refractivity contribution in [1.29, 1.82) is 0 Å². The standard InChI is InChI=1S/C8H16N2O2S3/c1-6(7(9)13)15(11,12)10-5-8(14-2)3-4-8/h6,10H,3-5H2,1-2H3,(H2,9,13). The molecule has 1 aliphatic rings. The second-order valence-electron chi connectivity index (χ2n) is 3.80. The number of nitrogens with one attached hydrogen (secondary N) is 1. The third-order valence-corrected chi connectivity index (χ3v) is 6.36. The zero-order chi connectivity index (χ0) is 11.7. The Morgan fingerprint density at radius 1 is 1.67 bits per heavy atom. The third-order valence-electron chi connectivity index (χ3n) is 2.70. The Labute approximate surface area is 100 Å². The molecule has 1 rings (SSSR count). The zero-order valence-corrected chi connectivity index (χ0v) is 11.3. The van der Waals surface area contributed by atoms with Crippen LogP contribution >= 0.6 is 24.0 Å². The average Bonchev–Trinajstić information content (AvgIpc) is 2.94. The van der Waals surface area contributed by atoms with Gasteiger partial charge in [0, 0.05) is 11.3 Å². The number of thioether (sulfide) groups is 1. The van der Waals surface area contributed by atoms with Gasteiger partial charge < -0.3 is 5.73 Å². The van der Waals surface area contributed by atoms with Crippen LogP contribution in [0.15, 0.2) is 0 Å². The summed E-state index contributed by atoms with van der Waals surface area (Å²) in [7, 11) is -3.39. The molecule has 1 saturated carbocycles. The molecular weight excluding hydrogens is 252 g/mol. The predicted octanol–water partition coefficient (Wildman–Crippen LogP) is 0.476. The first-order chi connectivity index (χ1) is 6.83. The molecule has 0 aromatic carbocycles. The van der Waals surface area contributed by atoms with E-state index >= 15 is 0 Å². The highest BCUT2D eigenvalue weighted by molar-refractivity contribution is 8.00. The Hall–Kier alpha value is 0.150. The number of hydrogen-bond donors (Lipinski definition) is 2. The molecule has 0 aromatic rings. The Balaban J connectivity index is 2.54. The van der Waals surface area contributed by atoms with Crippen molar-refractivity contribution in [1.82, 2.24) is 4.72 Å². The summed E-state index contributed by atoms with van der Waals surface area (Å²) in [5, 5.41) is -0.801. The molecule has 7 heteroatoms. The maximum absolute atomic E-state index is 11.7. The van der Waals surface area contributed by atoms with E-state index in [0.29, 0.717) is 6.54 Å². The normalized spacial score (nSPS) is 20.9. The van der Waals surface area contributed by atoms with Crippen LogP contribution in [0.25, 0.3) is 0 Å². The summed E-state index contributed by atoms with van der Waals surface area (Å²) in [6.07, 6.45) is 4.13. The second-order valence-corrected chi connectivity index (χ2v) is 7.63. The van der Waals surface area contributed by atoms with Crippen molar-refractivity contribution in [3.05, 3.63) is 0 Å². The Morgan fingerprint density at radius 3 is 2.53 bits per heavy atom. The van der Waals surface area contributed by atoms with Gasteiger partial charge in [0.15, 0.2) is 0 Å². The van der Waals surface area contributed by atoms with Gasteiger partial charge in [0.2, 0.25) is 10.0 Å². The molecule has 0 amide bonds. The lowest BCUT2D eigenvalue weighted by atomic mass is 10.4. The molecule has 0 heterocycles. The van der Waals surface area contributed by atoms with Gasteiger partial charge in [-0.2, -0.15) is 11.8 Å². The highest BCUT2D eigenvalue weighted by atomic mass is 32.2. The topological polar surface area (TPSA) is 72.2 Å². The Morgan fingerprint density at radius 2 is 2.20 bits per heavy atom. The van der Waals surface area contributed by atoms with Gasteiger partial charge in [0.1, 0.15) is 5.25 Å². The van der Waals surface area contributed by atoms with Crippen LogP contribution in [0.3, 0.4) is 0 Å². The molecule has 1 aliphatic carbocycles. The number of nitrogens with two attached hydrogens (primary N) is 1. The fourth-order valence-electron chi connectivity index (χ4n) is 1.10. The molecule has 0 radical (unpaired) electrons. The molecule has 4 nitrogen and oxygen atoms in total. The molecule has 1 unspecified atom stereocenters. The SMILES string of the molecule is CSC1(CNS(=O)(=O)C(C)C(N)=S)CC1. The fourth-order valence-corrected chi connectivity index (χ4v) is 3.33. The predicted molar refractivity (Wildman–Crippen MR) is 68.6 cm³/mol. The number of sulfonamides is 1. The molecule has 0 aliphatic heterocycles. The maximum atomic E-state index is 11.7. The van der Waals surface area contributed by atoms with Gasteiger partial charge >= 0.3 is 0 Å². The van der Waals surface area contributed by atoms with Crippen molar-refractivity contribution < 1.29 is 8.42 Å². The van der Waals surface area contributed by atoms with Gasteiger partial charge in [0.25, 0.3) is 0 Å². The minimum atomic E-state index is -3.39. The van der Waals surface area contributed by atoms with Crippen LogP contribution in [0.2, 0.25) is 0 Å². The van der Waals surface area contributed by atoms with Crippen molar-refractivity contribution in [3.63, 3.8) is 0 Å². The second kappa shape index (κ2) is 4.57. The lowest BCUT2D eigenvalue weighted by Gasteiger charge is -2.16. The van der Waals surface area contributed by atoms with E-state index in [-0.39, 0.29) is 9.74 Å². The molecule has 1 fully saturated rings. The zero-order valence-electron chi connectivity index (χ0n) is 8.82. The summed E-state index contributed by atoms with van der Waals surface area (Å²) in [4.78, 5) is 0.0106. The molecule has 0 spiro atoms. The summed E-state index contributed by atoms with van der Waals surface area (Å²) in [6, 6.07) is 0. The van der Waals surface area contributed by atoms with Gasteiger partial charge in [-0.15, -0.1) is 0 Å². The van der Waals surface area contributed by atoms with Crippen LogP contribution in [0.5, 0.6) is 0 Å². The van der Waals surface area contributed by atoms with E-state index in [1.807, 2.05) is 6.26 Å². The lowest BCUT2D eigenvalue weighted by molar-refractivity contribution is 0.576. The van der Waals surface area contributed by atoms with Crippen molar-refractivity contribution >= 4 is 39.0 Å². The first kappa shape index (κ1) is 13.2. The first-order valence-corrected chi connectivity index (χ1v) is 7.84. The third kappa shape index (κ3) is 3.30. The molecular formula is C8H16N2O2S3. The average molecular weight is 268 g/mol. The Bertz CT molecular complexity index is 349. The molecule has 0 bridgehead atoms. The van der Waals surface area contributed by atoms with Gasteiger partial charge in [-0.3, -0.25) is 0 Å². The smallest absolute Gasteiger partial charge is 0.220 e. The van der Waals surface area contributed by atoms with Crippen molar-refractivity contribution in [2.24, 2.45) is 5.73 Å². The lowest BCUT2D eigenvalue weighted by Crippen LogP contribution is -2.42. The molecule has 15 heavy (non-hydrogen) atoms. The highest BCUT2D eigenvalue weighted by Gasteiger charge is 2.42. The highest BCUT2D eigenvalue weighted by Crippen LogP contribution is 2.46. The molecule has 1 atom stereocenters. The van der Waals surface area contributed by atoms with E-state index in [1.54, 1.807) is 11.8 Å². The van der Waals surface area contributed by atoms with E-state index in [9.17, 15) is 8.42 Å². The van der Waals surface area contributed by atoms with Crippen LogP contribution in [0, 0.1) is 0 Å². The number of thiocarbonyl (C=S) groups is 1. The molecule has 88 valence electrons. The molecule has 0 saturated heterocycles. The van der Waals surface area contributed by atoms with Crippen molar-refractivity contribution in [3.8, 4) is 0 Å². The van der Waals surface area contributed by atoms with Crippen LogP contribution in [-0.4, -0.2) is 36.2 Å². The van der Waals surface area contributed by atoms with E-state index in [1.165, 1.54) is 6.92 Å². The van der Waals surface area contributed by atoms with Crippen molar-refractivity contribution in [2.75, 3.05) is 12.8 Å². The van der Waals surface area contributed by atoms with Crippen LogP contribution < -0.4 is 10.5 Å². The van der Waals surface area contributed by atoms with Crippen LogP contribution in [0.1, 0.15) is 19.8 Å².